The molecule has 1 N–H and O–H groups in total. The van der Waals surface area contributed by atoms with E-state index in [2.05, 4.69) is 63.5 Å². The third-order valence-corrected chi connectivity index (χ3v) is 4.60. The van der Waals surface area contributed by atoms with E-state index in [1.54, 1.807) is 11.3 Å². The van der Waals surface area contributed by atoms with Crippen molar-refractivity contribution in [1.82, 2.24) is 10.3 Å². The summed E-state index contributed by atoms with van der Waals surface area (Å²) in [6.45, 7) is 10.9. The standard InChI is InChI=1S/C17H24N2S/c1-11-7-8-13(9-12(11)2)15(18-6)16-19-14(10-20-16)17(3,4)5/h7-10,15,18H,1-6H3. The van der Waals surface area contributed by atoms with Crippen molar-refractivity contribution >= 4 is 11.3 Å². The van der Waals surface area contributed by atoms with Gasteiger partial charge in [0.25, 0.3) is 0 Å². The van der Waals surface area contributed by atoms with Gasteiger partial charge in [-0.1, -0.05) is 39.0 Å². The molecule has 0 fully saturated rings. The molecule has 0 amide bonds. The normalized spacial score (nSPS) is 13.5. The lowest BCUT2D eigenvalue weighted by Gasteiger charge is -2.17. The average Bonchev–Trinajstić information content (AvgIpc) is 2.84. The van der Waals surface area contributed by atoms with Gasteiger partial charge in [0.15, 0.2) is 0 Å². The van der Waals surface area contributed by atoms with Gasteiger partial charge in [-0.3, -0.25) is 0 Å². The van der Waals surface area contributed by atoms with Crippen LogP contribution >= 0.6 is 11.3 Å². The molecule has 0 bridgehead atoms. The van der Waals surface area contributed by atoms with Crippen LogP contribution in [0.3, 0.4) is 0 Å². The Kier molecular flexibility index (Phi) is 4.31. The van der Waals surface area contributed by atoms with Crippen molar-refractivity contribution < 1.29 is 0 Å². The fourth-order valence-corrected chi connectivity index (χ4v) is 3.32. The molecule has 0 aliphatic heterocycles. The summed E-state index contributed by atoms with van der Waals surface area (Å²) >= 11 is 1.74. The first-order valence-corrected chi connectivity index (χ1v) is 7.91. The van der Waals surface area contributed by atoms with Crippen LogP contribution in [0, 0.1) is 13.8 Å². The van der Waals surface area contributed by atoms with Gasteiger partial charge in [0, 0.05) is 10.8 Å². The Hall–Kier alpha value is -1.19. The summed E-state index contributed by atoms with van der Waals surface area (Å²) in [5.74, 6) is 0. The van der Waals surface area contributed by atoms with Crippen LogP contribution in [0.15, 0.2) is 23.6 Å². The van der Waals surface area contributed by atoms with Crippen molar-refractivity contribution in [1.29, 1.82) is 0 Å². The summed E-state index contributed by atoms with van der Waals surface area (Å²) in [4.78, 5) is 4.84. The highest BCUT2D eigenvalue weighted by Crippen LogP contribution is 2.30. The van der Waals surface area contributed by atoms with Crippen LogP contribution in [0.1, 0.15) is 54.2 Å². The van der Waals surface area contributed by atoms with Crippen LogP contribution in [0.25, 0.3) is 0 Å². The van der Waals surface area contributed by atoms with Crippen molar-refractivity contribution in [3.05, 3.63) is 51.0 Å². The van der Waals surface area contributed by atoms with Gasteiger partial charge in [-0.05, 0) is 37.6 Å². The largest absolute Gasteiger partial charge is 0.307 e. The number of aromatic nitrogens is 1. The van der Waals surface area contributed by atoms with Gasteiger partial charge in [0.1, 0.15) is 5.01 Å². The number of thiazole rings is 1. The first-order valence-electron chi connectivity index (χ1n) is 7.03. The quantitative estimate of drug-likeness (QED) is 0.907. The van der Waals surface area contributed by atoms with E-state index in [4.69, 9.17) is 4.98 Å². The van der Waals surface area contributed by atoms with E-state index >= 15 is 0 Å². The number of nitrogens with zero attached hydrogens (tertiary/aromatic N) is 1. The monoisotopic (exact) mass is 288 g/mol. The summed E-state index contributed by atoms with van der Waals surface area (Å²) < 4.78 is 0. The highest BCUT2D eigenvalue weighted by Gasteiger charge is 2.21. The molecule has 1 aromatic carbocycles. The van der Waals surface area contributed by atoms with E-state index in [-0.39, 0.29) is 11.5 Å². The molecule has 0 aliphatic rings. The van der Waals surface area contributed by atoms with Gasteiger partial charge < -0.3 is 5.32 Å². The molecule has 1 aromatic heterocycles. The topological polar surface area (TPSA) is 24.9 Å². The first kappa shape index (κ1) is 15.2. The summed E-state index contributed by atoms with van der Waals surface area (Å²) in [6.07, 6.45) is 0. The van der Waals surface area contributed by atoms with E-state index < -0.39 is 0 Å². The number of aryl methyl sites for hydroxylation is 2. The molecule has 0 spiro atoms. The lowest BCUT2D eigenvalue weighted by atomic mass is 9.93. The summed E-state index contributed by atoms with van der Waals surface area (Å²) in [5.41, 5.74) is 5.22. The second kappa shape index (κ2) is 5.66. The van der Waals surface area contributed by atoms with E-state index in [9.17, 15) is 0 Å². The number of hydrogen-bond donors (Lipinski definition) is 1. The summed E-state index contributed by atoms with van der Waals surface area (Å²) in [7, 11) is 2.00. The Labute approximate surface area is 126 Å². The summed E-state index contributed by atoms with van der Waals surface area (Å²) in [6, 6.07) is 6.82. The molecule has 0 radical (unpaired) electrons. The molecule has 1 atom stereocenters. The van der Waals surface area contributed by atoms with Crippen LogP contribution < -0.4 is 5.32 Å². The maximum Gasteiger partial charge on any atom is 0.114 e. The average molecular weight is 288 g/mol. The number of rotatable bonds is 3. The minimum atomic E-state index is 0.107. The molecule has 2 nitrogen and oxygen atoms in total. The maximum absolute atomic E-state index is 4.84. The number of hydrogen-bond acceptors (Lipinski definition) is 3. The number of nitrogens with one attached hydrogen (secondary N) is 1. The third kappa shape index (κ3) is 3.10. The zero-order valence-corrected chi connectivity index (χ0v) is 14.1. The maximum atomic E-state index is 4.84. The van der Waals surface area contributed by atoms with Crippen molar-refractivity contribution in [3.8, 4) is 0 Å². The van der Waals surface area contributed by atoms with E-state index in [0.29, 0.717) is 0 Å². The highest BCUT2D eigenvalue weighted by molar-refractivity contribution is 7.09. The van der Waals surface area contributed by atoms with Gasteiger partial charge in [0.2, 0.25) is 0 Å². The molecular weight excluding hydrogens is 264 g/mol. The van der Waals surface area contributed by atoms with Gasteiger partial charge in [-0.15, -0.1) is 11.3 Å². The fraction of sp³-hybridized carbons (Fsp3) is 0.471. The van der Waals surface area contributed by atoms with Gasteiger partial charge >= 0.3 is 0 Å². The second-order valence-electron chi connectivity index (χ2n) is 6.39. The summed E-state index contributed by atoms with van der Waals surface area (Å²) in [5, 5.41) is 6.71. The van der Waals surface area contributed by atoms with E-state index in [1.165, 1.54) is 22.4 Å². The number of benzene rings is 1. The van der Waals surface area contributed by atoms with Gasteiger partial charge in [-0.25, -0.2) is 4.98 Å². The van der Waals surface area contributed by atoms with Gasteiger partial charge in [0.05, 0.1) is 11.7 Å². The Morgan fingerprint density at radius 3 is 2.35 bits per heavy atom. The highest BCUT2D eigenvalue weighted by atomic mass is 32.1. The Bertz CT molecular complexity index is 593. The Morgan fingerprint density at radius 2 is 1.85 bits per heavy atom. The van der Waals surface area contributed by atoms with Gasteiger partial charge in [-0.2, -0.15) is 0 Å². The lowest BCUT2D eigenvalue weighted by molar-refractivity contribution is 0.566. The smallest absolute Gasteiger partial charge is 0.114 e. The molecule has 3 heteroatoms. The molecular formula is C17H24N2S. The molecule has 2 rings (SSSR count). The third-order valence-electron chi connectivity index (χ3n) is 3.69. The predicted octanol–water partition coefficient (Wildman–Crippen LogP) is 4.37. The molecule has 0 saturated heterocycles. The Balaban J connectivity index is 2.37. The molecule has 0 saturated carbocycles. The van der Waals surface area contributed by atoms with Crippen LogP contribution in [0.4, 0.5) is 0 Å². The molecule has 1 heterocycles. The zero-order valence-electron chi connectivity index (χ0n) is 13.2. The van der Waals surface area contributed by atoms with Crippen LogP contribution in [0.2, 0.25) is 0 Å². The van der Waals surface area contributed by atoms with Crippen molar-refractivity contribution in [2.45, 2.75) is 46.1 Å². The minimum absolute atomic E-state index is 0.107. The Morgan fingerprint density at radius 1 is 1.15 bits per heavy atom. The van der Waals surface area contributed by atoms with Crippen LogP contribution in [-0.4, -0.2) is 12.0 Å². The predicted molar refractivity (Wildman–Crippen MR) is 87.6 cm³/mol. The van der Waals surface area contributed by atoms with Crippen LogP contribution in [0.5, 0.6) is 0 Å². The minimum Gasteiger partial charge on any atom is -0.307 e. The van der Waals surface area contributed by atoms with Crippen LogP contribution in [-0.2, 0) is 5.41 Å². The molecule has 1 unspecified atom stereocenters. The molecule has 108 valence electrons. The molecule has 20 heavy (non-hydrogen) atoms. The lowest BCUT2D eigenvalue weighted by Crippen LogP contribution is -2.19. The molecule has 0 aliphatic carbocycles. The molecule has 2 aromatic rings. The fourth-order valence-electron chi connectivity index (χ4n) is 2.14. The van der Waals surface area contributed by atoms with Crippen molar-refractivity contribution in [2.75, 3.05) is 7.05 Å². The first-order chi connectivity index (χ1) is 9.32. The van der Waals surface area contributed by atoms with E-state index in [1.807, 2.05) is 7.05 Å². The zero-order chi connectivity index (χ0) is 14.9. The second-order valence-corrected chi connectivity index (χ2v) is 7.28. The van der Waals surface area contributed by atoms with Crippen molar-refractivity contribution in [3.63, 3.8) is 0 Å². The van der Waals surface area contributed by atoms with Crippen molar-refractivity contribution in [2.24, 2.45) is 0 Å². The van der Waals surface area contributed by atoms with E-state index in [0.717, 1.165) is 5.01 Å². The SMILES string of the molecule is CNC(c1ccc(C)c(C)c1)c1nc(C(C)(C)C)cs1.